The van der Waals surface area contributed by atoms with Crippen molar-refractivity contribution in [2.75, 3.05) is 26.2 Å². The summed E-state index contributed by atoms with van der Waals surface area (Å²) in [7, 11) is 0. The number of hydrogen-bond donors (Lipinski definition) is 2. The highest BCUT2D eigenvalue weighted by Crippen LogP contribution is 2.08. The summed E-state index contributed by atoms with van der Waals surface area (Å²) in [5.41, 5.74) is 0. The standard InChI is InChI=1S/C16H34N2/c1-3-5-6-7-8-9-10-11-12-14-18-16-15-17-13-4-2/h4,17-18H,2-3,5-16H2,1H3. The van der Waals surface area contributed by atoms with Gasteiger partial charge in [0.25, 0.3) is 0 Å². The molecule has 0 aromatic carbocycles. The van der Waals surface area contributed by atoms with E-state index < -0.39 is 0 Å². The first-order valence-electron chi connectivity index (χ1n) is 7.94. The van der Waals surface area contributed by atoms with E-state index in [9.17, 15) is 0 Å². The molecule has 0 heterocycles. The first-order chi connectivity index (χ1) is 8.91. The van der Waals surface area contributed by atoms with Gasteiger partial charge < -0.3 is 10.6 Å². The van der Waals surface area contributed by atoms with Gasteiger partial charge in [-0.2, -0.15) is 0 Å². The van der Waals surface area contributed by atoms with Crippen molar-refractivity contribution in [1.29, 1.82) is 0 Å². The van der Waals surface area contributed by atoms with Gasteiger partial charge in [0.2, 0.25) is 0 Å². The molecule has 0 amide bonds. The molecule has 0 fully saturated rings. The van der Waals surface area contributed by atoms with Crippen molar-refractivity contribution >= 4 is 0 Å². The van der Waals surface area contributed by atoms with Crippen LogP contribution in [0.15, 0.2) is 12.7 Å². The van der Waals surface area contributed by atoms with Gasteiger partial charge >= 0.3 is 0 Å². The van der Waals surface area contributed by atoms with Crippen molar-refractivity contribution < 1.29 is 0 Å². The average molecular weight is 254 g/mol. The monoisotopic (exact) mass is 254 g/mol. The lowest BCUT2D eigenvalue weighted by Crippen LogP contribution is -2.27. The quantitative estimate of drug-likeness (QED) is 0.342. The summed E-state index contributed by atoms with van der Waals surface area (Å²) in [6.45, 7) is 10.2. The summed E-state index contributed by atoms with van der Waals surface area (Å²) < 4.78 is 0. The fourth-order valence-electron chi connectivity index (χ4n) is 2.07. The van der Waals surface area contributed by atoms with Crippen LogP contribution in [0.1, 0.15) is 64.7 Å². The molecule has 0 aliphatic rings. The zero-order valence-electron chi connectivity index (χ0n) is 12.5. The molecule has 0 atom stereocenters. The third kappa shape index (κ3) is 15.7. The number of rotatable bonds is 15. The zero-order valence-corrected chi connectivity index (χ0v) is 12.5. The van der Waals surface area contributed by atoms with Gasteiger partial charge in [0, 0.05) is 19.6 Å². The number of unbranched alkanes of at least 4 members (excludes halogenated alkanes) is 8. The van der Waals surface area contributed by atoms with Crippen molar-refractivity contribution in [2.45, 2.75) is 64.7 Å². The van der Waals surface area contributed by atoms with Crippen molar-refractivity contribution in [2.24, 2.45) is 0 Å². The van der Waals surface area contributed by atoms with Gasteiger partial charge in [-0.15, -0.1) is 6.58 Å². The molecule has 108 valence electrons. The van der Waals surface area contributed by atoms with Crippen LogP contribution >= 0.6 is 0 Å². The summed E-state index contributed by atoms with van der Waals surface area (Å²) in [5, 5.41) is 6.76. The Balaban J connectivity index is 2.88. The lowest BCUT2D eigenvalue weighted by atomic mass is 10.1. The fraction of sp³-hybridized carbons (Fsp3) is 0.875. The molecule has 0 aromatic rings. The minimum absolute atomic E-state index is 0.916. The molecular weight excluding hydrogens is 220 g/mol. The summed E-state index contributed by atoms with van der Waals surface area (Å²) in [6.07, 6.45) is 14.6. The predicted octanol–water partition coefficient (Wildman–Crippen LogP) is 3.88. The van der Waals surface area contributed by atoms with Crippen molar-refractivity contribution in [3.8, 4) is 0 Å². The van der Waals surface area contributed by atoms with E-state index in [1.54, 1.807) is 0 Å². The maximum absolute atomic E-state index is 3.68. The van der Waals surface area contributed by atoms with Crippen molar-refractivity contribution in [3.05, 3.63) is 12.7 Å². The first kappa shape index (κ1) is 17.7. The highest BCUT2D eigenvalue weighted by atomic mass is 14.9. The Morgan fingerprint density at radius 2 is 1.28 bits per heavy atom. The smallest absolute Gasteiger partial charge is 0.0132 e. The van der Waals surface area contributed by atoms with E-state index in [4.69, 9.17) is 0 Å². The molecule has 0 saturated carbocycles. The van der Waals surface area contributed by atoms with Gasteiger partial charge in [-0.25, -0.2) is 0 Å². The van der Waals surface area contributed by atoms with Crippen LogP contribution in [0.3, 0.4) is 0 Å². The molecule has 0 aliphatic heterocycles. The molecule has 0 radical (unpaired) electrons. The van der Waals surface area contributed by atoms with Gasteiger partial charge in [-0.05, 0) is 13.0 Å². The van der Waals surface area contributed by atoms with E-state index in [0.29, 0.717) is 0 Å². The van der Waals surface area contributed by atoms with Crippen LogP contribution in [0.4, 0.5) is 0 Å². The van der Waals surface area contributed by atoms with E-state index in [1.165, 1.54) is 64.3 Å². The molecule has 0 aliphatic carbocycles. The zero-order chi connectivity index (χ0) is 13.3. The Morgan fingerprint density at radius 3 is 1.89 bits per heavy atom. The van der Waals surface area contributed by atoms with Gasteiger partial charge in [0.1, 0.15) is 0 Å². The van der Waals surface area contributed by atoms with Crippen LogP contribution in [-0.2, 0) is 0 Å². The largest absolute Gasteiger partial charge is 0.315 e. The Morgan fingerprint density at radius 1 is 0.722 bits per heavy atom. The molecule has 0 spiro atoms. The third-order valence-electron chi connectivity index (χ3n) is 3.22. The van der Waals surface area contributed by atoms with E-state index >= 15 is 0 Å². The number of hydrogen-bond acceptors (Lipinski definition) is 2. The highest BCUT2D eigenvalue weighted by Gasteiger charge is 1.92. The molecule has 0 unspecified atom stereocenters. The van der Waals surface area contributed by atoms with Crippen LogP contribution in [0.5, 0.6) is 0 Å². The van der Waals surface area contributed by atoms with Crippen molar-refractivity contribution in [3.63, 3.8) is 0 Å². The maximum atomic E-state index is 3.68. The predicted molar refractivity (Wildman–Crippen MR) is 83.2 cm³/mol. The van der Waals surface area contributed by atoms with E-state index in [2.05, 4.69) is 24.1 Å². The lowest BCUT2D eigenvalue weighted by Gasteiger charge is -2.05. The Labute approximate surface area is 115 Å². The minimum atomic E-state index is 0.916. The van der Waals surface area contributed by atoms with E-state index in [-0.39, 0.29) is 0 Å². The normalized spacial score (nSPS) is 10.7. The van der Waals surface area contributed by atoms with Crippen LogP contribution in [0.2, 0.25) is 0 Å². The highest BCUT2D eigenvalue weighted by molar-refractivity contribution is 4.69. The van der Waals surface area contributed by atoms with Crippen LogP contribution < -0.4 is 10.6 Å². The summed E-state index contributed by atoms with van der Waals surface area (Å²) in [6, 6.07) is 0. The molecule has 18 heavy (non-hydrogen) atoms. The maximum Gasteiger partial charge on any atom is 0.0132 e. The molecule has 2 nitrogen and oxygen atoms in total. The van der Waals surface area contributed by atoms with Crippen LogP contribution in [0.25, 0.3) is 0 Å². The summed E-state index contributed by atoms with van der Waals surface area (Å²) in [4.78, 5) is 0. The molecular formula is C16H34N2. The topological polar surface area (TPSA) is 24.1 Å². The van der Waals surface area contributed by atoms with Gasteiger partial charge in [-0.1, -0.05) is 64.4 Å². The average Bonchev–Trinajstić information content (AvgIpc) is 2.39. The van der Waals surface area contributed by atoms with Crippen LogP contribution in [-0.4, -0.2) is 26.2 Å². The molecule has 0 rings (SSSR count). The van der Waals surface area contributed by atoms with E-state index in [0.717, 1.165) is 19.6 Å². The van der Waals surface area contributed by atoms with Crippen LogP contribution in [0, 0.1) is 0 Å². The van der Waals surface area contributed by atoms with Gasteiger partial charge in [0.05, 0.1) is 0 Å². The molecule has 0 bridgehead atoms. The van der Waals surface area contributed by atoms with Gasteiger partial charge in [-0.3, -0.25) is 0 Å². The summed E-state index contributed by atoms with van der Waals surface area (Å²) in [5.74, 6) is 0. The molecule has 0 aromatic heterocycles. The summed E-state index contributed by atoms with van der Waals surface area (Å²) >= 11 is 0. The van der Waals surface area contributed by atoms with Gasteiger partial charge in [0.15, 0.2) is 0 Å². The Hall–Kier alpha value is -0.340. The number of nitrogens with one attached hydrogen (secondary N) is 2. The lowest BCUT2D eigenvalue weighted by molar-refractivity contribution is 0.545. The SMILES string of the molecule is C=CCNCCNCCCCCCCCCCC. The first-order valence-corrected chi connectivity index (χ1v) is 7.94. The minimum Gasteiger partial charge on any atom is -0.315 e. The van der Waals surface area contributed by atoms with Crippen molar-refractivity contribution in [1.82, 2.24) is 10.6 Å². The molecule has 2 heteroatoms. The second kappa shape index (κ2) is 16.7. The molecule has 2 N–H and O–H groups in total. The molecule has 0 saturated heterocycles. The third-order valence-corrected chi connectivity index (χ3v) is 3.22. The Bertz CT molecular complexity index is 157. The second-order valence-corrected chi connectivity index (χ2v) is 5.07. The fourth-order valence-corrected chi connectivity index (χ4v) is 2.07. The second-order valence-electron chi connectivity index (χ2n) is 5.07. The van der Waals surface area contributed by atoms with E-state index in [1.807, 2.05) is 6.08 Å². The Kier molecular flexibility index (Phi) is 16.3.